The molecule has 4 nitrogen and oxygen atoms in total. The summed E-state index contributed by atoms with van der Waals surface area (Å²) in [4.78, 5) is 3.82. The van der Waals surface area contributed by atoms with Crippen LogP contribution >= 0.6 is 0 Å². The van der Waals surface area contributed by atoms with Crippen LogP contribution in [0.3, 0.4) is 0 Å². The van der Waals surface area contributed by atoms with Gasteiger partial charge in [-0.2, -0.15) is 18.4 Å². The van der Waals surface area contributed by atoms with Crippen LogP contribution in [0.5, 0.6) is 11.5 Å². The molecule has 0 unspecified atom stereocenters. The zero-order chi connectivity index (χ0) is 15.6. The van der Waals surface area contributed by atoms with Crippen molar-refractivity contribution in [3.05, 3.63) is 41.7 Å². The predicted octanol–water partition coefficient (Wildman–Crippen LogP) is 3.35. The van der Waals surface area contributed by atoms with Crippen LogP contribution in [-0.4, -0.2) is 17.2 Å². The highest BCUT2D eigenvalue weighted by Gasteiger charge is 2.35. The summed E-state index contributed by atoms with van der Waals surface area (Å²) in [7, 11) is 1.38. The molecule has 0 atom stereocenters. The van der Waals surface area contributed by atoms with E-state index in [1.54, 1.807) is 6.07 Å². The average molecular weight is 294 g/mol. The zero-order valence-electron chi connectivity index (χ0n) is 10.8. The molecule has 0 aliphatic rings. The van der Waals surface area contributed by atoms with E-state index in [1.165, 1.54) is 31.6 Å². The number of hydrogen-bond donors (Lipinski definition) is 1. The zero-order valence-corrected chi connectivity index (χ0v) is 10.8. The van der Waals surface area contributed by atoms with Crippen LogP contribution in [0.1, 0.15) is 11.1 Å². The van der Waals surface area contributed by atoms with Crippen LogP contribution in [0, 0.1) is 11.3 Å². The Kier molecular flexibility index (Phi) is 3.72. The number of pyridine rings is 1. The number of nitrogens with zero attached hydrogens (tertiary/aromatic N) is 2. The van der Waals surface area contributed by atoms with Gasteiger partial charge in [-0.1, -0.05) is 0 Å². The highest BCUT2D eigenvalue weighted by atomic mass is 19.4. The van der Waals surface area contributed by atoms with E-state index in [0.29, 0.717) is 11.8 Å². The largest absolute Gasteiger partial charge is 0.507 e. The quantitative estimate of drug-likeness (QED) is 0.922. The number of phenolic OH excluding ortho intramolecular Hbond substituents is 1. The third kappa shape index (κ3) is 2.89. The maximum Gasteiger partial charge on any atom is 0.420 e. The molecule has 21 heavy (non-hydrogen) atoms. The van der Waals surface area contributed by atoms with E-state index < -0.39 is 17.5 Å². The Hall–Kier alpha value is -2.75. The van der Waals surface area contributed by atoms with Gasteiger partial charge in [-0.15, -0.1) is 0 Å². The highest BCUT2D eigenvalue weighted by Crippen LogP contribution is 2.42. The monoisotopic (exact) mass is 294 g/mol. The van der Waals surface area contributed by atoms with Crippen molar-refractivity contribution >= 4 is 0 Å². The van der Waals surface area contributed by atoms with Crippen molar-refractivity contribution in [2.75, 3.05) is 7.11 Å². The number of benzene rings is 1. The number of phenols is 1. The molecule has 0 spiro atoms. The van der Waals surface area contributed by atoms with Crippen molar-refractivity contribution in [3.8, 4) is 28.7 Å². The number of alkyl halides is 3. The fourth-order valence-corrected chi connectivity index (χ4v) is 1.81. The number of aromatic hydroxyl groups is 1. The van der Waals surface area contributed by atoms with Gasteiger partial charge < -0.3 is 9.84 Å². The molecule has 1 aromatic carbocycles. The average Bonchev–Trinajstić information content (AvgIpc) is 2.46. The third-order valence-electron chi connectivity index (χ3n) is 2.80. The van der Waals surface area contributed by atoms with Crippen molar-refractivity contribution in [1.29, 1.82) is 5.26 Å². The minimum atomic E-state index is -4.77. The highest BCUT2D eigenvalue weighted by molar-refractivity contribution is 5.74. The molecule has 7 heteroatoms. The first kappa shape index (κ1) is 14.7. The minimum Gasteiger partial charge on any atom is -0.507 e. The Bertz CT molecular complexity index is 721. The van der Waals surface area contributed by atoms with Gasteiger partial charge in [0.2, 0.25) is 0 Å². The van der Waals surface area contributed by atoms with Gasteiger partial charge in [0, 0.05) is 17.3 Å². The van der Waals surface area contributed by atoms with E-state index in [1.807, 2.05) is 0 Å². The number of hydrogen-bond acceptors (Lipinski definition) is 4. The molecule has 0 radical (unpaired) electrons. The van der Waals surface area contributed by atoms with Crippen LogP contribution in [0.4, 0.5) is 13.2 Å². The first-order chi connectivity index (χ1) is 9.86. The number of aromatic nitrogens is 1. The second-order valence-electron chi connectivity index (χ2n) is 4.14. The molecule has 0 fully saturated rings. The van der Waals surface area contributed by atoms with Gasteiger partial charge in [-0.3, -0.25) is 4.98 Å². The van der Waals surface area contributed by atoms with Crippen LogP contribution in [0.2, 0.25) is 0 Å². The number of rotatable bonds is 2. The molecule has 2 aromatic rings. The molecule has 0 bridgehead atoms. The Balaban J connectivity index is 2.71. The lowest BCUT2D eigenvalue weighted by molar-refractivity contribution is -0.138. The Morgan fingerprint density at radius 3 is 2.52 bits per heavy atom. The fraction of sp³-hybridized carbons (Fsp3) is 0.143. The van der Waals surface area contributed by atoms with Crippen LogP contribution in [0.25, 0.3) is 11.1 Å². The molecule has 0 saturated heterocycles. The molecule has 0 saturated carbocycles. The van der Waals surface area contributed by atoms with Gasteiger partial charge in [-0.05, 0) is 18.2 Å². The molecule has 0 aliphatic heterocycles. The van der Waals surface area contributed by atoms with Crippen molar-refractivity contribution in [2.45, 2.75) is 6.18 Å². The Morgan fingerprint density at radius 2 is 1.95 bits per heavy atom. The van der Waals surface area contributed by atoms with Crippen LogP contribution in [-0.2, 0) is 6.18 Å². The summed E-state index contributed by atoms with van der Waals surface area (Å²) < 4.78 is 43.6. The number of ether oxygens (including phenoxy) is 1. The van der Waals surface area contributed by atoms with Gasteiger partial charge >= 0.3 is 6.18 Å². The van der Waals surface area contributed by atoms with Crippen molar-refractivity contribution in [1.82, 2.24) is 4.98 Å². The van der Waals surface area contributed by atoms with Gasteiger partial charge in [0.25, 0.3) is 0 Å². The standard InChI is InChI=1S/C14H9F3N2O2/c1-21-10-4-9(6-19-7-10)11-2-8(5-18)3-12(13(11)20)14(15,16)17/h2-4,6-7,20H,1H3. The summed E-state index contributed by atoms with van der Waals surface area (Å²) >= 11 is 0. The van der Waals surface area contributed by atoms with E-state index in [9.17, 15) is 18.3 Å². The van der Waals surface area contributed by atoms with Crippen molar-refractivity contribution in [3.63, 3.8) is 0 Å². The second kappa shape index (κ2) is 5.32. The predicted molar refractivity (Wildman–Crippen MR) is 67.6 cm³/mol. The Labute approximate surface area is 118 Å². The lowest BCUT2D eigenvalue weighted by Gasteiger charge is -2.13. The maximum atomic E-state index is 12.9. The molecule has 1 N–H and O–H groups in total. The number of halogens is 3. The van der Waals surface area contributed by atoms with Crippen LogP contribution in [0.15, 0.2) is 30.6 Å². The third-order valence-corrected chi connectivity index (χ3v) is 2.80. The SMILES string of the molecule is COc1cncc(-c2cc(C#N)cc(C(F)(F)F)c2O)c1. The molecular weight excluding hydrogens is 285 g/mol. The van der Waals surface area contributed by atoms with E-state index in [4.69, 9.17) is 10.00 Å². The summed E-state index contributed by atoms with van der Waals surface area (Å²) in [5.41, 5.74) is -1.39. The number of nitriles is 1. The summed E-state index contributed by atoms with van der Waals surface area (Å²) in [6, 6.07) is 4.83. The van der Waals surface area contributed by atoms with Gasteiger partial charge in [0.05, 0.1) is 30.5 Å². The molecular formula is C14H9F3N2O2. The van der Waals surface area contributed by atoms with E-state index >= 15 is 0 Å². The van der Waals surface area contributed by atoms with Gasteiger partial charge in [0.15, 0.2) is 0 Å². The normalized spacial score (nSPS) is 11.0. The summed E-state index contributed by atoms with van der Waals surface area (Å²) in [6.07, 6.45) is -2.11. The smallest absolute Gasteiger partial charge is 0.420 e. The van der Waals surface area contributed by atoms with Crippen LogP contribution < -0.4 is 4.74 Å². The van der Waals surface area contributed by atoms with E-state index in [2.05, 4.69) is 4.98 Å². The fourth-order valence-electron chi connectivity index (χ4n) is 1.81. The second-order valence-corrected chi connectivity index (χ2v) is 4.14. The summed E-state index contributed by atoms with van der Waals surface area (Å²) in [6.45, 7) is 0. The lowest BCUT2D eigenvalue weighted by atomic mass is 9.99. The van der Waals surface area contributed by atoms with Gasteiger partial charge in [0.1, 0.15) is 11.5 Å². The topological polar surface area (TPSA) is 66.1 Å². The molecule has 1 aromatic heterocycles. The molecule has 0 aliphatic carbocycles. The van der Waals surface area contributed by atoms with E-state index in [-0.39, 0.29) is 16.7 Å². The summed E-state index contributed by atoms with van der Waals surface area (Å²) in [5.74, 6) is -0.626. The molecule has 1 heterocycles. The van der Waals surface area contributed by atoms with Crippen molar-refractivity contribution in [2.24, 2.45) is 0 Å². The Morgan fingerprint density at radius 1 is 1.24 bits per heavy atom. The maximum absolute atomic E-state index is 12.9. The first-order valence-corrected chi connectivity index (χ1v) is 5.70. The molecule has 0 amide bonds. The van der Waals surface area contributed by atoms with Crippen molar-refractivity contribution < 1.29 is 23.0 Å². The molecule has 108 valence electrons. The van der Waals surface area contributed by atoms with Gasteiger partial charge in [-0.25, -0.2) is 0 Å². The number of methoxy groups -OCH3 is 1. The molecule has 2 rings (SSSR count). The minimum absolute atomic E-state index is 0.132. The lowest BCUT2D eigenvalue weighted by Crippen LogP contribution is -2.06. The first-order valence-electron chi connectivity index (χ1n) is 5.70. The summed E-state index contributed by atoms with van der Waals surface area (Å²) in [5, 5.41) is 18.7. The van der Waals surface area contributed by atoms with E-state index in [0.717, 1.165) is 0 Å².